The Morgan fingerprint density at radius 1 is 0.927 bits per heavy atom. The summed E-state index contributed by atoms with van der Waals surface area (Å²) in [5.41, 5.74) is 7.93. The largest absolute Gasteiger partial charge is 0.491 e. The number of ether oxygens (including phenoxy) is 2. The lowest BCUT2D eigenvalue weighted by Crippen LogP contribution is -2.36. The van der Waals surface area contributed by atoms with Crippen molar-refractivity contribution in [3.63, 3.8) is 0 Å². The third-order valence-corrected chi connectivity index (χ3v) is 8.17. The molecule has 2 aromatic heterocycles. The molecule has 0 spiro atoms. The van der Waals surface area contributed by atoms with Gasteiger partial charge in [-0.3, -0.25) is 4.98 Å². The summed E-state index contributed by atoms with van der Waals surface area (Å²) in [6, 6.07) is 25.2. The van der Waals surface area contributed by atoms with Crippen LogP contribution >= 0.6 is 12.2 Å². The maximum absolute atomic E-state index is 5.97. The molecular weight excluding hydrogens is 530 g/mol. The number of nitrogens with one attached hydrogen (secondary N) is 1. The Balaban J connectivity index is 1.39. The lowest BCUT2D eigenvalue weighted by Gasteiger charge is -2.29. The van der Waals surface area contributed by atoms with E-state index < -0.39 is 0 Å². The maximum atomic E-state index is 5.97. The van der Waals surface area contributed by atoms with Gasteiger partial charge >= 0.3 is 0 Å². The van der Waals surface area contributed by atoms with Gasteiger partial charge in [-0.2, -0.15) is 0 Å². The van der Waals surface area contributed by atoms with Gasteiger partial charge in [0.15, 0.2) is 5.11 Å². The SMILES string of the molecule is Cc1cc(C2C(c3ccccn3)NC(=S)N2c2ccc(OC(C)C)cc2)c(C)n1-c1ccc(N2CCOCC2)cc1. The van der Waals surface area contributed by atoms with Crippen LogP contribution in [0.15, 0.2) is 79.0 Å². The van der Waals surface area contributed by atoms with Crippen LogP contribution in [0.1, 0.15) is 48.6 Å². The van der Waals surface area contributed by atoms with Crippen LogP contribution < -0.4 is 19.9 Å². The third kappa shape index (κ3) is 5.42. The molecule has 41 heavy (non-hydrogen) atoms. The van der Waals surface area contributed by atoms with Crippen molar-refractivity contribution in [3.05, 3.63) is 102 Å². The Labute approximate surface area is 247 Å². The first-order valence-electron chi connectivity index (χ1n) is 14.3. The van der Waals surface area contributed by atoms with E-state index in [4.69, 9.17) is 26.7 Å². The van der Waals surface area contributed by atoms with Crippen molar-refractivity contribution >= 4 is 28.7 Å². The van der Waals surface area contributed by atoms with Gasteiger partial charge in [0.05, 0.1) is 37.1 Å². The number of anilines is 2. The van der Waals surface area contributed by atoms with Crippen LogP contribution in [-0.4, -0.2) is 47.1 Å². The summed E-state index contributed by atoms with van der Waals surface area (Å²) in [5, 5.41) is 4.28. The minimum atomic E-state index is -0.104. The Morgan fingerprint density at radius 3 is 2.27 bits per heavy atom. The molecule has 0 aliphatic carbocycles. The van der Waals surface area contributed by atoms with Gasteiger partial charge in [-0.05, 0) is 112 Å². The summed E-state index contributed by atoms with van der Waals surface area (Å²) < 4.78 is 13.8. The second-order valence-corrected chi connectivity index (χ2v) is 11.3. The minimum absolute atomic E-state index is 0.0816. The van der Waals surface area contributed by atoms with Crippen LogP contribution in [0.25, 0.3) is 5.69 Å². The second kappa shape index (κ2) is 11.5. The summed E-state index contributed by atoms with van der Waals surface area (Å²) in [4.78, 5) is 9.33. The number of pyridine rings is 1. The molecule has 2 aliphatic heterocycles. The minimum Gasteiger partial charge on any atom is -0.491 e. The fourth-order valence-electron chi connectivity index (χ4n) is 6.02. The predicted molar refractivity (Wildman–Crippen MR) is 168 cm³/mol. The molecule has 212 valence electrons. The van der Waals surface area contributed by atoms with Crippen molar-refractivity contribution in [1.29, 1.82) is 0 Å². The Morgan fingerprint density at radius 2 is 1.61 bits per heavy atom. The number of benzene rings is 2. The summed E-state index contributed by atoms with van der Waals surface area (Å²) in [7, 11) is 0. The first kappa shape index (κ1) is 27.3. The fraction of sp³-hybridized carbons (Fsp3) is 0.333. The molecule has 2 fully saturated rings. The van der Waals surface area contributed by atoms with E-state index in [0.29, 0.717) is 5.11 Å². The number of aryl methyl sites for hydroxylation is 1. The van der Waals surface area contributed by atoms with E-state index in [1.807, 2.05) is 44.3 Å². The molecule has 6 rings (SSSR count). The summed E-state index contributed by atoms with van der Waals surface area (Å²) >= 11 is 5.97. The first-order valence-corrected chi connectivity index (χ1v) is 14.7. The molecule has 0 bridgehead atoms. The van der Waals surface area contributed by atoms with E-state index >= 15 is 0 Å². The van der Waals surface area contributed by atoms with Crippen LogP contribution in [0.5, 0.6) is 5.75 Å². The third-order valence-electron chi connectivity index (χ3n) is 7.86. The number of thiocarbonyl (C=S) groups is 1. The molecule has 4 heterocycles. The normalized spacial score (nSPS) is 19.1. The van der Waals surface area contributed by atoms with Crippen LogP contribution in [0.2, 0.25) is 0 Å². The van der Waals surface area contributed by atoms with E-state index in [1.165, 1.54) is 22.6 Å². The van der Waals surface area contributed by atoms with Gasteiger partial charge in [-0.1, -0.05) is 6.07 Å². The highest BCUT2D eigenvalue weighted by Gasteiger charge is 2.42. The molecule has 2 aromatic carbocycles. The molecule has 8 heteroatoms. The number of aromatic nitrogens is 2. The Kier molecular flexibility index (Phi) is 7.69. The maximum Gasteiger partial charge on any atom is 0.174 e. The summed E-state index contributed by atoms with van der Waals surface area (Å²) in [6.45, 7) is 11.8. The quantitative estimate of drug-likeness (QED) is 0.264. The molecule has 7 nitrogen and oxygen atoms in total. The molecule has 1 N–H and O–H groups in total. The number of rotatable bonds is 7. The van der Waals surface area contributed by atoms with Crippen molar-refractivity contribution in [2.24, 2.45) is 0 Å². The van der Waals surface area contributed by atoms with Crippen LogP contribution in [0.3, 0.4) is 0 Å². The zero-order valence-corrected chi connectivity index (χ0v) is 24.9. The van der Waals surface area contributed by atoms with Gasteiger partial charge in [0.25, 0.3) is 0 Å². The van der Waals surface area contributed by atoms with Gasteiger partial charge in [0.2, 0.25) is 0 Å². The van der Waals surface area contributed by atoms with Crippen LogP contribution in [0.4, 0.5) is 11.4 Å². The topological polar surface area (TPSA) is 54.8 Å². The molecule has 2 unspecified atom stereocenters. The van der Waals surface area contributed by atoms with Crippen molar-refractivity contribution in [1.82, 2.24) is 14.9 Å². The van der Waals surface area contributed by atoms with E-state index in [-0.39, 0.29) is 18.2 Å². The smallest absolute Gasteiger partial charge is 0.174 e. The average Bonchev–Trinajstić information content (AvgIpc) is 3.48. The zero-order valence-electron chi connectivity index (χ0n) is 24.1. The molecule has 0 saturated carbocycles. The Hall–Kier alpha value is -3.88. The molecule has 2 atom stereocenters. The monoisotopic (exact) mass is 567 g/mol. The molecule has 2 aliphatic rings. The first-order chi connectivity index (χ1) is 19.9. The summed E-state index contributed by atoms with van der Waals surface area (Å²) in [5.74, 6) is 0.846. The zero-order chi connectivity index (χ0) is 28.5. The number of morpholine rings is 1. The van der Waals surface area contributed by atoms with E-state index in [1.54, 1.807) is 0 Å². The van der Waals surface area contributed by atoms with Crippen LogP contribution in [0, 0.1) is 13.8 Å². The van der Waals surface area contributed by atoms with Crippen molar-refractivity contribution < 1.29 is 9.47 Å². The Bertz CT molecular complexity index is 1500. The molecule has 0 radical (unpaired) electrons. The highest BCUT2D eigenvalue weighted by atomic mass is 32.1. The van der Waals surface area contributed by atoms with Gasteiger partial charge in [0, 0.05) is 47.7 Å². The lowest BCUT2D eigenvalue weighted by molar-refractivity contribution is 0.122. The number of hydrogen-bond donors (Lipinski definition) is 1. The van der Waals surface area contributed by atoms with E-state index in [2.05, 4.69) is 82.1 Å². The van der Waals surface area contributed by atoms with Gasteiger partial charge in [0.1, 0.15) is 5.75 Å². The van der Waals surface area contributed by atoms with Crippen molar-refractivity contribution in [2.45, 2.75) is 45.9 Å². The molecule has 2 saturated heterocycles. The molecular formula is C33H37N5O2S. The van der Waals surface area contributed by atoms with Crippen LogP contribution in [-0.2, 0) is 4.74 Å². The van der Waals surface area contributed by atoms with Gasteiger partial charge in [-0.25, -0.2) is 0 Å². The predicted octanol–water partition coefficient (Wildman–Crippen LogP) is 6.29. The van der Waals surface area contributed by atoms with Gasteiger partial charge in [-0.15, -0.1) is 0 Å². The number of hydrogen-bond acceptors (Lipinski definition) is 5. The number of nitrogens with zero attached hydrogens (tertiary/aromatic N) is 4. The molecule has 4 aromatic rings. The highest BCUT2D eigenvalue weighted by molar-refractivity contribution is 7.80. The second-order valence-electron chi connectivity index (χ2n) is 10.9. The fourth-order valence-corrected chi connectivity index (χ4v) is 6.37. The van der Waals surface area contributed by atoms with E-state index in [9.17, 15) is 0 Å². The standard InChI is InChI=1S/C33H37N5O2S/c1-22(2)40-28-14-12-27(13-15-28)38-32(31(35-33(38)41)30-7-5-6-16-34-30)29-21-23(3)37(24(29)4)26-10-8-25(9-11-26)36-17-19-39-20-18-36/h5-16,21-22,31-32H,17-20H2,1-4H3,(H,35,41). The van der Waals surface area contributed by atoms with E-state index in [0.717, 1.165) is 49.1 Å². The van der Waals surface area contributed by atoms with Crippen molar-refractivity contribution in [2.75, 3.05) is 36.1 Å². The summed E-state index contributed by atoms with van der Waals surface area (Å²) in [6.07, 6.45) is 1.96. The molecule has 0 amide bonds. The average molecular weight is 568 g/mol. The highest BCUT2D eigenvalue weighted by Crippen LogP contribution is 2.44. The lowest BCUT2D eigenvalue weighted by atomic mass is 9.96. The van der Waals surface area contributed by atoms with Gasteiger partial charge < -0.3 is 29.2 Å². The van der Waals surface area contributed by atoms with Crippen molar-refractivity contribution in [3.8, 4) is 11.4 Å².